The van der Waals surface area contributed by atoms with Crippen molar-refractivity contribution in [2.75, 3.05) is 0 Å². The molecule has 1 atom stereocenters. The van der Waals surface area contributed by atoms with Gasteiger partial charge in [0.15, 0.2) is 0 Å². The molecule has 0 aliphatic rings. The molecule has 1 unspecified atom stereocenters. The molecule has 0 aromatic carbocycles. The number of aliphatic carboxylic acids is 2. The molecule has 0 spiro atoms. The van der Waals surface area contributed by atoms with Crippen LogP contribution in [0.3, 0.4) is 0 Å². The van der Waals surface area contributed by atoms with Gasteiger partial charge in [0.25, 0.3) is 5.91 Å². The van der Waals surface area contributed by atoms with E-state index in [0.29, 0.717) is 4.47 Å². The molecule has 0 bridgehead atoms. The molecule has 3 N–H and O–H groups in total. The highest BCUT2D eigenvalue weighted by Crippen LogP contribution is 2.14. The lowest BCUT2D eigenvalue weighted by Gasteiger charge is -2.13. The number of rotatable bonds is 6. The maximum Gasteiger partial charge on any atom is 0.326 e. The first kappa shape index (κ1) is 15.2. The fraction of sp³-hybridized carbons (Fsp3) is 0.364. The summed E-state index contributed by atoms with van der Waals surface area (Å²) >= 11 is 3.20. The zero-order chi connectivity index (χ0) is 14.6. The Morgan fingerprint density at radius 2 is 2.05 bits per heavy atom. The molecule has 0 aliphatic carbocycles. The molecule has 104 valence electrons. The van der Waals surface area contributed by atoms with Crippen LogP contribution in [0.4, 0.5) is 0 Å². The lowest BCUT2D eigenvalue weighted by atomic mass is 10.1. The molecule has 0 fully saturated rings. The van der Waals surface area contributed by atoms with E-state index in [-0.39, 0.29) is 18.5 Å². The third-order valence-electron chi connectivity index (χ3n) is 2.45. The summed E-state index contributed by atoms with van der Waals surface area (Å²) in [5.41, 5.74) is 0.286. The molecule has 0 radical (unpaired) electrons. The predicted molar refractivity (Wildman–Crippen MR) is 68.9 cm³/mol. The average molecular weight is 333 g/mol. The standard InChI is InChI=1S/C11H13BrN2O5/c1-14-5-6(12)4-8(14)10(17)13-7(11(18)19)2-3-9(15)16/h4-5,7H,2-3H2,1H3,(H,13,17)(H,15,16)(H,18,19). The van der Waals surface area contributed by atoms with Gasteiger partial charge in [0.1, 0.15) is 11.7 Å². The van der Waals surface area contributed by atoms with E-state index in [9.17, 15) is 14.4 Å². The Bertz CT molecular complexity index is 511. The van der Waals surface area contributed by atoms with E-state index in [2.05, 4.69) is 21.2 Å². The van der Waals surface area contributed by atoms with E-state index in [1.54, 1.807) is 19.3 Å². The van der Waals surface area contributed by atoms with E-state index >= 15 is 0 Å². The average Bonchev–Trinajstić information content (AvgIpc) is 2.62. The Morgan fingerprint density at radius 3 is 2.47 bits per heavy atom. The number of carboxylic acid groups (broad SMARTS) is 2. The van der Waals surface area contributed by atoms with Crippen molar-refractivity contribution in [3.63, 3.8) is 0 Å². The third-order valence-corrected chi connectivity index (χ3v) is 2.89. The van der Waals surface area contributed by atoms with Gasteiger partial charge in [-0.15, -0.1) is 0 Å². The Balaban J connectivity index is 2.74. The summed E-state index contributed by atoms with van der Waals surface area (Å²) in [7, 11) is 1.65. The van der Waals surface area contributed by atoms with E-state index < -0.39 is 23.9 Å². The number of nitrogens with one attached hydrogen (secondary N) is 1. The van der Waals surface area contributed by atoms with Gasteiger partial charge >= 0.3 is 11.9 Å². The Morgan fingerprint density at radius 1 is 1.42 bits per heavy atom. The van der Waals surface area contributed by atoms with Gasteiger partial charge in [-0.05, 0) is 28.4 Å². The molecule has 0 aliphatic heterocycles. The molecule has 8 heteroatoms. The third kappa shape index (κ3) is 4.40. The lowest BCUT2D eigenvalue weighted by molar-refractivity contribution is -0.140. The number of nitrogens with zero attached hydrogens (tertiary/aromatic N) is 1. The number of carbonyl (C=O) groups excluding carboxylic acids is 1. The molecular weight excluding hydrogens is 320 g/mol. The zero-order valence-electron chi connectivity index (χ0n) is 10.1. The second-order valence-electron chi connectivity index (χ2n) is 3.95. The van der Waals surface area contributed by atoms with Crippen LogP contribution in [0.5, 0.6) is 0 Å². The molecule has 0 saturated heterocycles. The van der Waals surface area contributed by atoms with Gasteiger partial charge in [0.05, 0.1) is 0 Å². The molecular formula is C11H13BrN2O5. The van der Waals surface area contributed by atoms with Crippen molar-refractivity contribution in [3.05, 3.63) is 22.4 Å². The van der Waals surface area contributed by atoms with Crippen molar-refractivity contribution < 1.29 is 24.6 Å². The second-order valence-corrected chi connectivity index (χ2v) is 4.87. The molecule has 1 aromatic heterocycles. The quantitative estimate of drug-likeness (QED) is 0.715. The van der Waals surface area contributed by atoms with Crippen LogP contribution in [-0.2, 0) is 16.6 Å². The first-order chi connectivity index (χ1) is 8.81. The summed E-state index contributed by atoms with van der Waals surface area (Å²) < 4.78 is 2.23. The number of hydrogen-bond donors (Lipinski definition) is 3. The molecule has 1 amide bonds. The Hall–Kier alpha value is -1.83. The van der Waals surface area contributed by atoms with Crippen LogP contribution >= 0.6 is 15.9 Å². The van der Waals surface area contributed by atoms with E-state index in [0.717, 1.165) is 0 Å². The number of aryl methyl sites for hydroxylation is 1. The van der Waals surface area contributed by atoms with Crippen LogP contribution in [0.2, 0.25) is 0 Å². The van der Waals surface area contributed by atoms with Crippen LogP contribution in [0, 0.1) is 0 Å². The summed E-state index contributed by atoms with van der Waals surface area (Å²) in [5, 5.41) is 19.8. The zero-order valence-corrected chi connectivity index (χ0v) is 11.7. The molecule has 1 aromatic rings. The number of aromatic nitrogens is 1. The van der Waals surface area contributed by atoms with Gasteiger partial charge in [-0.1, -0.05) is 0 Å². The molecule has 1 rings (SSSR count). The van der Waals surface area contributed by atoms with Crippen molar-refractivity contribution >= 4 is 33.8 Å². The summed E-state index contributed by atoms with van der Waals surface area (Å²) in [6, 6.07) is 0.322. The number of carboxylic acids is 2. The van der Waals surface area contributed by atoms with Crippen LogP contribution in [0.1, 0.15) is 23.3 Å². The Labute approximate surface area is 117 Å². The molecule has 19 heavy (non-hydrogen) atoms. The highest BCUT2D eigenvalue weighted by Gasteiger charge is 2.22. The van der Waals surface area contributed by atoms with Gasteiger partial charge in [0.2, 0.25) is 0 Å². The minimum Gasteiger partial charge on any atom is -0.481 e. The summed E-state index contributed by atoms with van der Waals surface area (Å²) in [6.07, 6.45) is 1.16. The monoisotopic (exact) mass is 332 g/mol. The second kappa shape index (κ2) is 6.37. The van der Waals surface area contributed by atoms with Gasteiger partial charge in [-0.3, -0.25) is 9.59 Å². The number of hydrogen-bond acceptors (Lipinski definition) is 3. The number of amides is 1. The summed E-state index contributed by atoms with van der Waals surface area (Å²) in [6.45, 7) is 0. The van der Waals surface area contributed by atoms with Crippen molar-refractivity contribution in [1.29, 1.82) is 0 Å². The van der Waals surface area contributed by atoms with Crippen molar-refractivity contribution in [2.24, 2.45) is 7.05 Å². The van der Waals surface area contributed by atoms with E-state index in [1.807, 2.05) is 0 Å². The lowest BCUT2D eigenvalue weighted by Crippen LogP contribution is -2.41. The fourth-order valence-corrected chi connectivity index (χ4v) is 2.03. The Kier molecular flexibility index (Phi) is 5.11. The first-order valence-corrected chi connectivity index (χ1v) is 6.18. The summed E-state index contributed by atoms with van der Waals surface area (Å²) in [4.78, 5) is 33.2. The van der Waals surface area contributed by atoms with Crippen molar-refractivity contribution in [3.8, 4) is 0 Å². The van der Waals surface area contributed by atoms with Gasteiger partial charge in [-0.25, -0.2) is 4.79 Å². The van der Waals surface area contributed by atoms with Gasteiger partial charge < -0.3 is 20.1 Å². The largest absolute Gasteiger partial charge is 0.481 e. The maximum absolute atomic E-state index is 11.9. The van der Waals surface area contributed by atoms with E-state index in [1.165, 1.54) is 4.57 Å². The maximum atomic E-state index is 11.9. The van der Waals surface area contributed by atoms with Crippen LogP contribution in [0.15, 0.2) is 16.7 Å². The molecule has 1 heterocycles. The van der Waals surface area contributed by atoms with Gasteiger partial charge in [0, 0.05) is 24.1 Å². The number of carbonyl (C=O) groups is 3. The van der Waals surface area contributed by atoms with E-state index in [4.69, 9.17) is 10.2 Å². The highest BCUT2D eigenvalue weighted by molar-refractivity contribution is 9.10. The van der Waals surface area contributed by atoms with Crippen LogP contribution in [0.25, 0.3) is 0 Å². The predicted octanol–water partition coefficient (Wildman–Crippen LogP) is 0.835. The first-order valence-electron chi connectivity index (χ1n) is 5.38. The summed E-state index contributed by atoms with van der Waals surface area (Å²) in [5.74, 6) is -2.93. The van der Waals surface area contributed by atoms with Crippen LogP contribution < -0.4 is 5.32 Å². The van der Waals surface area contributed by atoms with Crippen molar-refractivity contribution in [1.82, 2.24) is 9.88 Å². The van der Waals surface area contributed by atoms with Gasteiger partial charge in [-0.2, -0.15) is 0 Å². The SMILES string of the molecule is Cn1cc(Br)cc1C(=O)NC(CCC(=O)O)C(=O)O. The van der Waals surface area contributed by atoms with Crippen molar-refractivity contribution in [2.45, 2.75) is 18.9 Å². The topological polar surface area (TPSA) is 109 Å². The molecule has 7 nitrogen and oxygen atoms in total. The minimum atomic E-state index is -1.26. The fourth-order valence-electron chi connectivity index (χ4n) is 1.51. The highest BCUT2D eigenvalue weighted by atomic mass is 79.9. The normalized spacial score (nSPS) is 11.9. The molecule has 0 saturated carbocycles. The van der Waals surface area contributed by atoms with Crippen LogP contribution in [-0.4, -0.2) is 38.7 Å². The number of halogens is 1. The minimum absolute atomic E-state index is 0.165. The smallest absolute Gasteiger partial charge is 0.326 e.